The van der Waals surface area contributed by atoms with Crippen LogP contribution >= 0.6 is 27.3 Å². The highest BCUT2D eigenvalue weighted by atomic mass is 79.9. The molecule has 80 valence electrons. The van der Waals surface area contributed by atoms with Gasteiger partial charge < -0.3 is 10.6 Å². The number of hydrogen-bond acceptors (Lipinski definition) is 3. The van der Waals surface area contributed by atoms with Crippen molar-refractivity contribution in [1.82, 2.24) is 10.6 Å². The van der Waals surface area contributed by atoms with Gasteiger partial charge in [-0.25, -0.2) is 0 Å². The van der Waals surface area contributed by atoms with Crippen molar-refractivity contribution >= 4 is 27.3 Å². The zero-order chi connectivity index (χ0) is 10.4. The molecule has 1 heterocycles. The number of thiophene rings is 1. The van der Waals surface area contributed by atoms with Gasteiger partial charge in [0.25, 0.3) is 0 Å². The Kier molecular flexibility index (Phi) is 5.70. The van der Waals surface area contributed by atoms with E-state index >= 15 is 0 Å². The molecule has 2 nitrogen and oxygen atoms in total. The molecule has 0 fully saturated rings. The highest BCUT2D eigenvalue weighted by Crippen LogP contribution is 2.19. The van der Waals surface area contributed by atoms with Crippen LogP contribution in [-0.4, -0.2) is 20.1 Å². The third kappa shape index (κ3) is 4.55. The van der Waals surface area contributed by atoms with Gasteiger partial charge in [-0.3, -0.25) is 0 Å². The van der Waals surface area contributed by atoms with Gasteiger partial charge in [0.15, 0.2) is 0 Å². The Labute approximate surface area is 98.2 Å². The van der Waals surface area contributed by atoms with Gasteiger partial charge in [-0.05, 0) is 48.1 Å². The predicted octanol–water partition coefficient (Wildman–Crippen LogP) is 2.46. The molecule has 1 aromatic rings. The first kappa shape index (κ1) is 12.2. The predicted molar refractivity (Wildman–Crippen MR) is 66.8 cm³/mol. The fourth-order valence-electron chi connectivity index (χ4n) is 1.31. The fourth-order valence-corrected chi connectivity index (χ4v) is 2.73. The van der Waals surface area contributed by atoms with E-state index in [1.54, 1.807) is 11.3 Å². The molecule has 2 N–H and O–H groups in total. The first-order valence-corrected chi connectivity index (χ1v) is 6.48. The Hall–Kier alpha value is 0.1000. The number of nitrogens with one attached hydrogen (secondary N) is 2. The lowest BCUT2D eigenvalue weighted by Crippen LogP contribution is -2.27. The lowest BCUT2D eigenvalue weighted by atomic mass is 10.2. The molecule has 4 heteroatoms. The van der Waals surface area contributed by atoms with Crippen molar-refractivity contribution < 1.29 is 0 Å². The van der Waals surface area contributed by atoms with Crippen molar-refractivity contribution in [2.75, 3.05) is 20.1 Å². The molecule has 1 atom stereocenters. The summed E-state index contributed by atoms with van der Waals surface area (Å²) in [4.78, 5) is 1.38. The zero-order valence-corrected chi connectivity index (χ0v) is 11.0. The maximum Gasteiger partial charge on any atom is 0.0300 e. The third-order valence-electron chi connectivity index (χ3n) is 1.97. The van der Waals surface area contributed by atoms with Crippen LogP contribution < -0.4 is 10.6 Å². The first-order chi connectivity index (χ1) is 6.72. The second kappa shape index (κ2) is 6.56. The van der Waals surface area contributed by atoms with E-state index < -0.39 is 0 Å². The van der Waals surface area contributed by atoms with E-state index in [2.05, 4.69) is 44.9 Å². The molecular weight excluding hydrogens is 260 g/mol. The number of hydrogen-bond donors (Lipinski definition) is 2. The van der Waals surface area contributed by atoms with Gasteiger partial charge in [0.05, 0.1) is 0 Å². The SMILES string of the molecule is CNCC(C)CNCc1cc(Br)cs1. The van der Waals surface area contributed by atoms with Gasteiger partial charge in [-0.2, -0.15) is 0 Å². The first-order valence-electron chi connectivity index (χ1n) is 4.80. The number of halogens is 1. The van der Waals surface area contributed by atoms with Crippen molar-refractivity contribution in [1.29, 1.82) is 0 Å². The quantitative estimate of drug-likeness (QED) is 0.834. The van der Waals surface area contributed by atoms with Gasteiger partial charge in [0.2, 0.25) is 0 Å². The summed E-state index contributed by atoms with van der Waals surface area (Å²) in [6, 6.07) is 2.17. The molecule has 0 saturated heterocycles. The summed E-state index contributed by atoms with van der Waals surface area (Å²) in [6.45, 7) is 5.36. The maximum atomic E-state index is 3.45. The summed E-state index contributed by atoms with van der Waals surface area (Å²) in [5.41, 5.74) is 0. The molecule has 0 saturated carbocycles. The van der Waals surface area contributed by atoms with Gasteiger partial charge in [0, 0.05) is 21.3 Å². The monoisotopic (exact) mass is 276 g/mol. The minimum Gasteiger partial charge on any atom is -0.319 e. The van der Waals surface area contributed by atoms with E-state index in [1.165, 1.54) is 9.35 Å². The summed E-state index contributed by atoms with van der Waals surface area (Å²) >= 11 is 5.24. The van der Waals surface area contributed by atoms with Crippen LogP contribution in [0.4, 0.5) is 0 Å². The minimum absolute atomic E-state index is 0.684. The van der Waals surface area contributed by atoms with Crippen LogP contribution in [0.3, 0.4) is 0 Å². The molecule has 1 unspecified atom stereocenters. The Balaban J connectivity index is 2.15. The minimum atomic E-state index is 0.684. The van der Waals surface area contributed by atoms with Crippen molar-refractivity contribution in [3.05, 3.63) is 20.8 Å². The van der Waals surface area contributed by atoms with Crippen molar-refractivity contribution in [3.63, 3.8) is 0 Å². The lowest BCUT2D eigenvalue weighted by molar-refractivity contribution is 0.493. The number of rotatable bonds is 6. The van der Waals surface area contributed by atoms with E-state index in [0.717, 1.165) is 19.6 Å². The molecule has 0 spiro atoms. The van der Waals surface area contributed by atoms with Gasteiger partial charge in [-0.15, -0.1) is 11.3 Å². The molecule has 0 aromatic carbocycles. The Morgan fingerprint density at radius 2 is 2.29 bits per heavy atom. The highest BCUT2D eigenvalue weighted by molar-refractivity contribution is 9.10. The van der Waals surface area contributed by atoms with Crippen LogP contribution in [0.15, 0.2) is 15.9 Å². The average Bonchev–Trinajstić information content (AvgIpc) is 2.52. The van der Waals surface area contributed by atoms with Crippen LogP contribution in [0.2, 0.25) is 0 Å². The summed E-state index contributed by atoms with van der Waals surface area (Å²) in [6.07, 6.45) is 0. The van der Waals surface area contributed by atoms with Crippen LogP contribution in [0, 0.1) is 5.92 Å². The zero-order valence-electron chi connectivity index (χ0n) is 8.64. The van der Waals surface area contributed by atoms with Crippen LogP contribution in [0.1, 0.15) is 11.8 Å². The van der Waals surface area contributed by atoms with Crippen molar-refractivity contribution in [2.24, 2.45) is 5.92 Å². The maximum absolute atomic E-state index is 3.45. The third-order valence-corrected chi connectivity index (χ3v) is 3.66. The second-order valence-electron chi connectivity index (χ2n) is 3.52. The molecule has 0 bridgehead atoms. The van der Waals surface area contributed by atoms with Gasteiger partial charge in [0.1, 0.15) is 0 Å². The standard InChI is InChI=1S/C10H17BrN2S/c1-8(4-12-2)5-13-6-10-3-9(11)7-14-10/h3,7-8,12-13H,4-6H2,1-2H3. The Bertz CT molecular complexity index is 262. The van der Waals surface area contributed by atoms with E-state index in [9.17, 15) is 0 Å². The summed E-state index contributed by atoms with van der Waals surface area (Å²) in [5.74, 6) is 0.684. The lowest BCUT2D eigenvalue weighted by Gasteiger charge is -2.10. The second-order valence-corrected chi connectivity index (χ2v) is 5.44. The average molecular weight is 277 g/mol. The van der Waals surface area contributed by atoms with Crippen LogP contribution in [0.5, 0.6) is 0 Å². The van der Waals surface area contributed by atoms with Crippen molar-refractivity contribution in [3.8, 4) is 0 Å². The molecule has 0 aliphatic carbocycles. The topological polar surface area (TPSA) is 24.1 Å². The van der Waals surface area contributed by atoms with Gasteiger partial charge in [-0.1, -0.05) is 6.92 Å². The van der Waals surface area contributed by atoms with Gasteiger partial charge >= 0.3 is 0 Å². The molecule has 1 aromatic heterocycles. The normalized spacial score (nSPS) is 13.1. The summed E-state index contributed by atoms with van der Waals surface area (Å²) in [5, 5.41) is 8.74. The molecule has 14 heavy (non-hydrogen) atoms. The largest absolute Gasteiger partial charge is 0.319 e. The van der Waals surface area contributed by atoms with E-state index in [4.69, 9.17) is 0 Å². The van der Waals surface area contributed by atoms with Crippen LogP contribution in [-0.2, 0) is 6.54 Å². The molecule has 0 aliphatic heterocycles. The molecule has 0 radical (unpaired) electrons. The van der Waals surface area contributed by atoms with E-state index in [0.29, 0.717) is 5.92 Å². The summed E-state index contributed by atoms with van der Waals surface area (Å²) < 4.78 is 1.18. The van der Waals surface area contributed by atoms with Crippen molar-refractivity contribution in [2.45, 2.75) is 13.5 Å². The van der Waals surface area contributed by atoms with Crippen LogP contribution in [0.25, 0.3) is 0 Å². The molecule has 0 aliphatic rings. The smallest absolute Gasteiger partial charge is 0.0300 e. The van der Waals surface area contributed by atoms with E-state index in [-0.39, 0.29) is 0 Å². The summed E-state index contributed by atoms with van der Waals surface area (Å²) in [7, 11) is 1.99. The highest BCUT2D eigenvalue weighted by Gasteiger charge is 2.01. The van der Waals surface area contributed by atoms with E-state index in [1.807, 2.05) is 7.05 Å². The Morgan fingerprint density at radius 1 is 1.50 bits per heavy atom. The fraction of sp³-hybridized carbons (Fsp3) is 0.600. The Morgan fingerprint density at radius 3 is 2.86 bits per heavy atom. The molecule has 1 rings (SSSR count). The molecular formula is C10H17BrN2S. The molecule has 0 amide bonds.